The van der Waals surface area contributed by atoms with Crippen molar-refractivity contribution in [2.75, 3.05) is 20.2 Å². The number of rotatable bonds is 4. The molecule has 0 spiro atoms. The molecule has 0 amide bonds. The van der Waals surface area contributed by atoms with Crippen LogP contribution >= 0.6 is 0 Å². The van der Waals surface area contributed by atoms with Gasteiger partial charge >= 0.3 is 0 Å². The lowest BCUT2D eigenvalue weighted by atomic mass is 9.74. The fourth-order valence-corrected chi connectivity index (χ4v) is 3.02. The van der Waals surface area contributed by atoms with Crippen molar-refractivity contribution in [2.45, 2.75) is 32.1 Å². The molecule has 2 nitrogen and oxygen atoms in total. The van der Waals surface area contributed by atoms with Crippen LogP contribution in [0.15, 0.2) is 24.3 Å². The minimum Gasteiger partial charge on any atom is -0.497 e. The Kier molecular flexibility index (Phi) is 3.72. The molecule has 17 heavy (non-hydrogen) atoms. The first-order valence-corrected chi connectivity index (χ1v) is 6.51. The number of hydrogen-bond acceptors (Lipinski definition) is 2. The molecule has 0 radical (unpaired) electrons. The van der Waals surface area contributed by atoms with Crippen LogP contribution in [0.5, 0.6) is 5.75 Å². The minimum absolute atomic E-state index is 0.308. The van der Waals surface area contributed by atoms with Gasteiger partial charge in [-0.05, 0) is 43.0 Å². The summed E-state index contributed by atoms with van der Waals surface area (Å²) >= 11 is 0. The van der Waals surface area contributed by atoms with Crippen molar-refractivity contribution in [2.24, 2.45) is 5.92 Å². The lowest BCUT2D eigenvalue weighted by molar-refractivity contribution is 0.363. The van der Waals surface area contributed by atoms with Gasteiger partial charge in [0.05, 0.1) is 7.11 Å². The predicted octanol–water partition coefficient (Wildman–Crippen LogP) is 2.97. The Bertz CT molecular complexity index is 367. The number of ether oxygens (including phenoxy) is 1. The van der Waals surface area contributed by atoms with Crippen molar-refractivity contribution in [1.29, 1.82) is 0 Å². The highest BCUT2D eigenvalue weighted by molar-refractivity contribution is 5.35. The fourth-order valence-electron chi connectivity index (χ4n) is 3.02. The summed E-state index contributed by atoms with van der Waals surface area (Å²) in [6.07, 6.45) is 2.48. The predicted molar refractivity (Wildman–Crippen MR) is 71.6 cm³/mol. The highest BCUT2D eigenvalue weighted by Gasteiger charge is 2.36. The molecule has 1 atom stereocenters. The molecule has 0 saturated carbocycles. The van der Waals surface area contributed by atoms with Crippen LogP contribution in [-0.4, -0.2) is 20.2 Å². The third-order valence-electron chi connectivity index (χ3n) is 3.72. The summed E-state index contributed by atoms with van der Waals surface area (Å²) < 4.78 is 5.34. The highest BCUT2D eigenvalue weighted by Crippen LogP contribution is 2.38. The smallest absolute Gasteiger partial charge is 0.119 e. The van der Waals surface area contributed by atoms with Gasteiger partial charge in [-0.1, -0.05) is 26.0 Å². The highest BCUT2D eigenvalue weighted by atomic mass is 16.5. The van der Waals surface area contributed by atoms with Crippen LogP contribution in [0.4, 0.5) is 0 Å². The van der Waals surface area contributed by atoms with E-state index in [1.807, 2.05) is 6.07 Å². The number of benzene rings is 1. The number of hydrogen-bond donors (Lipinski definition) is 1. The van der Waals surface area contributed by atoms with Gasteiger partial charge in [0.25, 0.3) is 0 Å². The van der Waals surface area contributed by atoms with E-state index in [2.05, 4.69) is 37.4 Å². The van der Waals surface area contributed by atoms with Crippen molar-refractivity contribution in [3.8, 4) is 5.75 Å². The van der Waals surface area contributed by atoms with E-state index in [1.165, 1.54) is 18.4 Å². The van der Waals surface area contributed by atoms with Crippen LogP contribution < -0.4 is 10.1 Å². The van der Waals surface area contributed by atoms with Crippen molar-refractivity contribution < 1.29 is 4.74 Å². The zero-order valence-corrected chi connectivity index (χ0v) is 11.1. The van der Waals surface area contributed by atoms with Crippen LogP contribution in [0.1, 0.15) is 32.3 Å². The van der Waals surface area contributed by atoms with E-state index < -0.39 is 0 Å². The largest absolute Gasteiger partial charge is 0.497 e. The van der Waals surface area contributed by atoms with E-state index in [9.17, 15) is 0 Å². The molecule has 1 heterocycles. The third kappa shape index (κ3) is 2.63. The molecule has 0 aromatic heterocycles. The summed E-state index contributed by atoms with van der Waals surface area (Å²) in [5, 5.41) is 3.51. The molecule has 2 rings (SSSR count). The van der Waals surface area contributed by atoms with Gasteiger partial charge in [-0.25, -0.2) is 0 Å². The molecule has 2 heteroatoms. The molecule has 1 saturated heterocycles. The zero-order valence-electron chi connectivity index (χ0n) is 11.1. The van der Waals surface area contributed by atoms with Gasteiger partial charge in [-0.2, -0.15) is 0 Å². The lowest BCUT2D eigenvalue weighted by Gasteiger charge is -2.31. The molecule has 1 aliphatic rings. The Labute approximate surface area is 104 Å². The maximum atomic E-state index is 5.34. The van der Waals surface area contributed by atoms with Gasteiger partial charge in [-0.15, -0.1) is 0 Å². The van der Waals surface area contributed by atoms with Crippen molar-refractivity contribution in [3.05, 3.63) is 29.8 Å². The van der Waals surface area contributed by atoms with Crippen LogP contribution in [0.25, 0.3) is 0 Å². The molecule has 1 aromatic rings. The first-order valence-electron chi connectivity index (χ1n) is 6.51. The van der Waals surface area contributed by atoms with Crippen LogP contribution in [0.3, 0.4) is 0 Å². The topological polar surface area (TPSA) is 21.3 Å². The van der Waals surface area contributed by atoms with Crippen molar-refractivity contribution in [1.82, 2.24) is 5.32 Å². The van der Waals surface area contributed by atoms with Gasteiger partial charge in [0.2, 0.25) is 0 Å². The van der Waals surface area contributed by atoms with E-state index in [0.717, 1.165) is 24.8 Å². The summed E-state index contributed by atoms with van der Waals surface area (Å²) in [6.45, 7) is 6.84. The average Bonchev–Trinajstić information content (AvgIpc) is 2.78. The Hall–Kier alpha value is -1.02. The molecule has 1 aliphatic heterocycles. The van der Waals surface area contributed by atoms with E-state index in [1.54, 1.807) is 7.11 Å². The van der Waals surface area contributed by atoms with E-state index >= 15 is 0 Å². The van der Waals surface area contributed by atoms with Crippen LogP contribution in [0.2, 0.25) is 0 Å². The normalized spacial score (nSPS) is 24.2. The van der Waals surface area contributed by atoms with E-state index in [0.29, 0.717) is 5.41 Å². The second kappa shape index (κ2) is 5.09. The maximum absolute atomic E-state index is 5.34. The molecule has 94 valence electrons. The quantitative estimate of drug-likeness (QED) is 0.863. The molecular weight excluding hydrogens is 210 g/mol. The Morgan fingerprint density at radius 1 is 1.41 bits per heavy atom. The average molecular weight is 233 g/mol. The number of nitrogens with one attached hydrogen (secondary N) is 1. The first-order chi connectivity index (χ1) is 8.16. The fraction of sp³-hybridized carbons (Fsp3) is 0.600. The molecule has 1 aromatic carbocycles. The third-order valence-corrected chi connectivity index (χ3v) is 3.72. The number of methoxy groups -OCH3 is 1. The standard InChI is InChI=1S/C15H23NO/c1-12(2)10-15(7-8-16-11-15)13-5-4-6-14(9-13)17-3/h4-6,9,12,16H,7-8,10-11H2,1-3H3. The van der Waals surface area contributed by atoms with Crippen molar-refractivity contribution >= 4 is 0 Å². The molecule has 1 fully saturated rings. The summed E-state index contributed by atoms with van der Waals surface area (Å²) in [5.41, 5.74) is 1.73. The van der Waals surface area contributed by atoms with Gasteiger partial charge in [-0.3, -0.25) is 0 Å². The van der Waals surface area contributed by atoms with Crippen molar-refractivity contribution in [3.63, 3.8) is 0 Å². The summed E-state index contributed by atoms with van der Waals surface area (Å²) in [7, 11) is 1.74. The summed E-state index contributed by atoms with van der Waals surface area (Å²) in [5.74, 6) is 1.69. The Morgan fingerprint density at radius 3 is 2.82 bits per heavy atom. The maximum Gasteiger partial charge on any atom is 0.119 e. The van der Waals surface area contributed by atoms with E-state index in [4.69, 9.17) is 4.74 Å². The van der Waals surface area contributed by atoms with E-state index in [-0.39, 0.29) is 0 Å². The zero-order chi connectivity index (χ0) is 12.3. The Morgan fingerprint density at radius 2 is 2.24 bits per heavy atom. The minimum atomic E-state index is 0.308. The molecule has 0 aliphatic carbocycles. The van der Waals surface area contributed by atoms with Gasteiger partial charge in [0, 0.05) is 12.0 Å². The van der Waals surface area contributed by atoms with Gasteiger partial charge in [0.15, 0.2) is 0 Å². The monoisotopic (exact) mass is 233 g/mol. The second-order valence-electron chi connectivity index (χ2n) is 5.54. The lowest BCUT2D eigenvalue weighted by Crippen LogP contribution is -2.30. The molecule has 1 unspecified atom stereocenters. The molecule has 0 bridgehead atoms. The summed E-state index contributed by atoms with van der Waals surface area (Å²) in [4.78, 5) is 0. The van der Waals surface area contributed by atoms with Crippen LogP contribution in [0, 0.1) is 5.92 Å². The summed E-state index contributed by atoms with van der Waals surface area (Å²) in [6, 6.07) is 8.58. The SMILES string of the molecule is COc1cccc(C2(CC(C)C)CCNC2)c1. The van der Waals surface area contributed by atoms with Gasteiger partial charge in [0.1, 0.15) is 5.75 Å². The Balaban J connectivity index is 2.31. The second-order valence-corrected chi connectivity index (χ2v) is 5.54. The molecular formula is C15H23NO. The van der Waals surface area contributed by atoms with Gasteiger partial charge < -0.3 is 10.1 Å². The first kappa shape index (κ1) is 12.4. The molecule has 1 N–H and O–H groups in total. The van der Waals surface area contributed by atoms with Crippen LogP contribution in [-0.2, 0) is 5.41 Å².